The Bertz CT molecular complexity index is 415. The Balaban J connectivity index is 2.45. The van der Waals surface area contributed by atoms with Gasteiger partial charge in [-0.1, -0.05) is 12.1 Å². The molecule has 1 aromatic rings. The molecule has 0 aliphatic rings. The van der Waals surface area contributed by atoms with Crippen LogP contribution in [-0.2, 0) is 16.0 Å². The lowest BCUT2D eigenvalue weighted by Crippen LogP contribution is -2.41. The number of benzene rings is 1. The van der Waals surface area contributed by atoms with Gasteiger partial charge in [-0.25, -0.2) is 4.39 Å². The van der Waals surface area contributed by atoms with Crippen LogP contribution in [0.4, 0.5) is 4.39 Å². The molecule has 0 aliphatic heterocycles. The molecule has 0 amide bonds. The number of carbonyl (C=O) groups excluding carboxylic acids is 1. The van der Waals surface area contributed by atoms with E-state index >= 15 is 0 Å². The number of halogens is 1. The maximum absolute atomic E-state index is 12.8. The average molecular weight is 267 g/mol. The summed E-state index contributed by atoms with van der Waals surface area (Å²) in [6, 6.07) is 6.67. The van der Waals surface area contributed by atoms with Crippen LogP contribution >= 0.6 is 0 Å². The fourth-order valence-electron chi connectivity index (χ4n) is 1.82. The van der Waals surface area contributed by atoms with Gasteiger partial charge in [0.1, 0.15) is 5.82 Å². The van der Waals surface area contributed by atoms with Crippen LogP contribution in [0.5, 0.6) is 0 Å². The highest BCUT2D eigenvalue weighted by Crippen LogP contribution is 2.16. The molecule has 1 unspecified atom stereocenters. The van der Waals surface area contributed by atoms with Gasteiger partial charge in [-0.05, 0) is 44.9 Å². The summed E-state index contributed by atoms with van der Waals surface area (Å²) in [7, 11) is 1.39. The molecule has 0 bridgehead atoms. The Morgan fingerprint density at radius 2 is 1.95 bits per heavy atom. The van der Waals surface area contributed by atoms with Crippen molar-refractivity contribution in [1.82, 2.24) is 5.32 Å². The Hall–Kier alpha value is -1.42. The van der Waals surface area contributed by atoms with Gasteiger partial charge in [0, 0.05) is 12.6 Å². The van der Waals surface area contributed by atoms with Crippen molar-refractivity contribution in [2.75, 3.05) is 13.7 Å². The first kappa shape index (κ1) is 15.6. The molecule has 4 heteroatoms. The molecule has 0 aliphatic carbocycles. The molecular weight excluding hydrogens is 245 g/mol. The number of methoxy groups -OCH3 is 1. The first-order valence-electron chi connectivity index (χ1n) is 6.41. The van der Waals surface area contributed by atoms with Crippen LogP contribution in [0.2, 0.25) is 0 Å². The van der Waals surface area contributed by atoms with Crippen LogP contribution in [0.1, 0.15) is 26.3 Å². The standard InChI is InChI=1S/C15H22FNO2/c1-11(9-12-5-7-13(16)8-6-12)17-10-15(2,3)14(18)19-4/h5-8,11,17H,9-10H2,1-4H3. The van der Waals surface area contributed by atoms with Gasteiger partial charge in [0.2, 0.25) is 0 Å². The van der Waals surface area contributed by atoms with E-state index in [4.69, 9.17) is 4.74 Å². The van der Waals surface area contributed by atoms with Crippen molar-refractivity contribution >= 4 is 5.97 Å². The van der Waals surface area contributed by atoms with Gasteiger partial charge in [-0.3, -0.25) is 4.79 Å². The minimum Gasteiger partial charge on any atom is -0.469 e. The van der Waals surface area contributed by atoms with E-state index in [0.29, 0.717) is 6.54 Å². The molecule has 1 aromatic carbocycles. The molecule has 1 rings (SSSR count). The van der Waals surface area contributed by atoms with Crippen molar-refractivity contribution in [3.05, 3.63) is 35.6 Å². The molecule has 0 fully saturated rings. The van der Waals surface area contributed by atoms with Crippen LogP contribution in [0.25, 0.3) is 0 Å². The fourth-order valence-corrected chi connectivity index (χ4v) is 1.82. The number of esters is 1. The Kier molecular flexibility index (Phi) is 5.48. The predicted octanol–water partition coefficient (Wildman–Crippen LogP) is 2.55. The number of ether oxygens (including phenoxy) is 1. The molecule has 1 atom stereocenters. The third kappa shape index (κ3) is 4.99. The third-order valence-corrected chi connectivity index (χ3v) is 3.09. The number of rotatable bonds is 6. The first-order valence-corrected chi connectivity index (χ1v) is 6.41. The van der Waals surface area contributed by atoms with Crippen molar-refractivity contribution in [1.29, 1.82) is 0 Å². The van der Waals surface area contributed by atoms with Crippen LogP contribution in [-0.4, -0.2) is 25.7 Å². The lowest BCUT2D eigenvalue weighted by atomic mass is 9.93. The van der Waals surface area contributed by atoms with Crippen LogP contribution in [0, 0.1) is 11.2 Å². The van der Waals surface area contributed by atoms with E-state index in [0.717, 1.165) is 12.0 Å². The van der Waals surface area contributed by atoms with E-state index < -0.39 is 5.41 Å². The number of carbonyl (C=O) groups is 1. The second-order valence-corrected chi connectivity index (χ2v) is 5.49. The topological polar surface area (TPSA) is 38.3 Å². The largest absolute Gasteiger partial charge is 0.469 e. The normalized spacial score (nSPS) is 13.1. The van der Waals surface area contributed by atoms with Gasteiger partial charge < -0.3 is 10.1 Å². The van der Waals surface area contributed by atoms with Crippen molar-refractivity contribution in [2.45, 2.75) is 33.2 Å². The van der Waals surface area contributed by atoms with Crippen LogP contribution < -0.4 is 5.32 Å². The van der Waals surface area contributed by atoms with Crippen LogP contribution in [0.3, 0.4) is 0 Å². The summed E-state index contributed by atoms with van der Waals surface area (Å²) in [5.74, 6) is -0.454. The highest BCUT2D eigenvalue weighted by atomic mass is 19.1. The van der Waals surface area contributed by atoms with Crippen molar-refractivity contribution < 1.29 is 13.9 Å². The van der Waals surface area contributed by atoms with E-state index in [1.807, 2.05) is 20.8 Å². The summed E-state index contributed by atoms with van der Waals surface area (Å²) < 4.78 is 17.5. The monoisotopic (exact) mass is 267 g/mol. The highest BCUT2D eigenvalue weighted by molar-refractivity contribution is 5.76. The molecule has 0 aromatic heterocycles. The lowest BCUT2D eigenvalue weighted by molar-refractivity contribution is -0.150. The summed E-state index contributed by atoms with van der Waals surface area (Å²) in [5.41, 5.74) is 0.517. The first-order chi connectivity index (χ1) is 8.85. The number of hydrogen-bond acceptors (Lipinski definition) is 3. The minimum absolute atomic E-state index is 0.203. The Morgan fingerprint density at radius 1 is 1.37 bits per heavy atom. The summed E-state index contributed by atoms with van der Waals surface area (Å²) >= 11 is 0. The molecule has 0 spiro atoms. The minimum atomic E-state index is -0.550. The fraction of sp³-hybridized carbons (Fsp3) is 0.533. The van der Waals surface area contributed by atoms with E-state index in [2.05, 4.69) is 5.32 Å². The van der Waals surface area contributed by atoms with Gasteiger partial charge >= 0.3 is 5.97 Å². The molecule has 19 heavy (non-hydrogen) atoms. The molecular formula is C15H22FNO2. The molecule has 106 valence electrons. The predicted molar refractivity (Wildman–Crippen MR) is 73.4 cm³/mol. The molecule has 1 N–H and O–H groups in total. The lowest BCUT2D eigenvalue weighted by Gasteiger charge is -2.24. The quantitative estimate of drug-likeness (QED) is 0.805. The summed E-state index contributed by atoms with van der Waals surface area (Å²) in [6.45, 7) is 6.27. The maximum atomic E-state index is 12.8. The third-order valence-electron chi connectivity index (χ3n) is 3.09. The molecule has 0 saturated heterocycles. The van der Waals surface area contributed by atoms with Gasteiger partial charge in [-0.2, -0.15) is 0 Å². The summed E-state index contributed by atoms with van der Waals surface area (Å²) in [6.07, 6.45) is 0.789. The zero-order valence-corrected chi connectivity index (χ0v) is 12.0. The molecule has 0 saturated carbocycles. The summed E-state index contributed by atoms with van der Waals surface area (Å²) in [5, 5.41) is 3.31. The molecule has 0 radical (unpaired) electrons. The maximum Gasteiger partial charge on any atom is 0.312 e. The zero-order chi connectivity index (χ0) is 14.5. The van der Waals surface area contributed by atoms with Crippen molar-refractivity contribution in [3.63, 3.8) is 0 Å². The van der Waals surface area contributed by atoms with E-state index in [1.54, 1.807) is 12.1 Å². The van der Waals surface area contributed by atoms with E-state index in [9.17, 15) is 9.18 Å². The number of hydrogen-bond donors (Lipinski definition) is 1. The smallest absolute Gasteiger partial charge is 0.312 e. The average Bonchev–Trinajstić information content (AvgIpc) is 2.38. The van der Waals surface area contributed by atoms with Crippen LogP contribution in [0.15, 0.2) is 24.3 Å². The number of nitrogens with one attached hydrogen (secondary N) is 1. The summed E-state index contributed by atoms with van der Waals surface area (Å²) in [4.78, 5) is 11.5. The van der Waals surface area contributed by atoms with Gasteiger partial charge in [0.25, 0.3) is 0 Å². The zero-order valence-electron chi connectivity index (χ0n) is 12.0. The Morgan fingerprint density at radius 3 is 2.47 bits per heavy atom. The van der Waals surface area contributed by atoms with E-state index in [-0.39, 0.29) is 17.8 Å². The van der Waals surface area contributed by atoms with Crippen molar-refractivity contribution in [3.8, 4) is 0 Å². The second-order valence-electron chi connectivity index (χ2n) is 5.49. The second kappa shape index (κ2) is 6.66. The van der Waals surface area contributed by atoms with Gasteiger partial charge in [-0.15, -0.1) is 0 Å². The highest BCUT2D eigenvalue weighted by Gasteiger charge is 2.28. The van der Waals surface area contributed by atoms with Gasteiger partial charge in [0.15, 0.2) is 0 Å². The van der Waals surface area contributed by atoms with Gasteiger partial charge in [0.05, 0.1) is 12.5 Å². The molecule has 3 nitrogen and oxygen atoms in total. The Labute approximate surface area is 114 Å². The molecule has 0 heterocycles. The SMILES string of the molecule is COC(=O)C(C)(C)CNC(C)Cc1ccc(F)cc1. The van der Waals surface area contributed by atoms with Crippen molar-refractivity contribution in [2.24, 2.45) is 5.41 Å². The van der Waals surface area contributed by atoms with E-state index in [1.165, 1.54) is 19.2 Å².